The van der Waals surface area contributed by atoms with Gasteiger partial charge < -0.3 is 4.98 Å². The van der Waals surface area contributed by atoms with Gasteiger partial charge in [-0.05, 0) is 72.8 Å². The van der Waals surface area contributed by atoms with Crippen molar-refractivity contribution in [1.29, 1.82) is 0 Å². The molecule has 3 aromatic rings. The smallest absolute Gasteiger partial charge is 0.228 e. The van der Waals surface area contributed by atoms with Gasteiger partial charge >= 0.3 is 0 Å². The second-order valence-corrected chi connectivity index (χ2v) is 6.57. The normalized spacial score (nSPS) is 12.5. The van der Waals surface area contributed by atoms with Gasteiger partial charge in [-0.2, -0.15) is 0 Å². The number of carbonyl (C=O) groups is 1. The van der Waals surface area contributed by atoms with Crippen LogP contribution in [0.25, 0.3) is 46.4 Å². The van der Waals surface area contributed by atoms with Gasteiger partial charge in [0.1, 0.15) is 0 Å². The monoisotopic (exact) mass is 352 g/mol. The number of hydrogen-bond acceptors (Lipinski definition) is 3. The fraction of sp³-hybridized carbons (Fsp3) is 0.0455. The topological polar surface area (TPSA) is 63.6 Å². The zero-order valence-corrected chi connectivity index (χ0v) is 14.7. The zero-order chi connectivity index (χ0) is 18.4. The molecule has 0 aliphatic carbocycles. The van der Waals surface area contributed by atoms with Crippen LogP contribution < -0.4 is 0 Å². The molecule has 1 N–H and O–H groups in total. The van der Waals surface area contributed by atoms with E-state index in [0.29, 0.717) is 0 Å². The lowest BCUT2D eigenvalue weighted by molar-refractivity contribution is 0.0946. The lowest BCUT2D eigenvalue weighted by Gasteiger charge is -1.99. The van der Waals surface area contributed by atoms with Crippen LogP contribution >= 0.6 is 0 Å². The van der Waals surface area contributed by atoms with E-state index in [-0.39, 0.29) is 5.91 Å². The van der Waals surface area contributed by atoms with Gasteiger partial charge in [0.05, 0.1) is 33.8 Å². The van der Waals surface area contributed by atoms with Crippen molar-refractivity contribution >= 4 is 52.3 Å². The first-order valence-corrected chi connectivity index (χ1v) is 8.72. The molecule has 0 radical (unpaired) electrons. The summed E-state index contributed by atoms with van der Waals surface area (Å²) in [6, 6.07) is 15.7. The van der Waals surface area contributed by atoms with E-state index in [0.717, 1.165) is 44.8 Å². The van der Waals surface area contributed by atoms with E-state index < -0.39 is 0 Å². The van der Waals surface area contributed by atoms with Gasteiger partial charge in [-0.3, -0.25) is 9.36 Å². The average Bonchev–Trinajstić information content (AvgIpc) is 3.39. The van der Waals surface area contributed by atoms with Crippen molar-refractivity contribution < 1.29 is 4.79 Å². The molecule has 0 aromatic carbocycles. The van der Waals surface area contributed by atoms with Gasteiger partial charge in [0.25, 0.3) is 0 Å². The first-order valence-electron chi connectivity index (χ1n) is 8.72. The molecule has 3 aromatic heterocycles. The first kappa shape index (κ1) is 15.5. The van der Waals surface area contributed by atoms with E-state index in [1.54, 1.807) is 11.5 Å². The lowest BCUT2D eigenvalue weighted by atomic mass is 10.3. The molecule has 2 aliphatic heterocycles. The molecule has 0 fully saturated rings. The molecule has 0 atom stereocenters. The average molecular weight is 352 g/mol. The van der Waals surface area contributed by atoms with Crippen LogP contribution in [-0.2, 0) is 0 Å². The largest absolute Gasteiger partial charge is 0.355 e. The van der Waals surface area contributed by atoms with Crippen LogP contribution in [0, 0.1) is 0 Å². The summed E-state index contributed by atoms with van der Waals surface area (Å²) in [6.45, 7) is 1.56. The Bertz CT molecular complexity index is 1210. The SMILES string of the molecule is CC(=O)n1c2ccc1cc1nc(cc3ccc(cc4nc(c2)C=C4)[nH]3)C=C1. The van der Waals surface area contributed by atoms with Crippen molar-refractivity contribution in [3.05, 3.63) is 71.3 Å². The Labute approximate surface area is 155 Å². The Balaban J connectivity index is 1.90. The van der Waals surface area contributed by atoms with Crippen molar-refractivity contribution in [2.24, 2.45) is 0 Å². The Morgan fingerprint density at radius 2 is 1.19 bits per heavy atom. The molecule has 0 amide bonds. The number of carbonyl (C=O) groups excluding carboxylic acids is 1. The molecule has 5 heteroatoms. The molecular formula is C22H16N4O. The van der Waals surface area contributed by atoms with Crippen LogP contribution in [0.3, 0.4) is 0 Å². The van der Waals surface area contributed by atoms with Gasteiger partial charge in [-0.25, -0.2) is 9.97 Å². The molecule has 0 saturated heterocycles. The van der Waals surface area contributed by atoms with Crippen LogP contribution in [0.1, 0.15) is 34.5 Å². The molecule has 27 heavy (non-hydrogen) atoms. The summed E-state index contributed by atoms with van der Waals surface area (Å²) in [6.07, 6.45) is 7.83. The maximum absolute atomic E-state index is 12.2. The predicted octanol–water partition coefficient (Wildman–Crippen LogP) is 4.79. The standard InChI is InChI=1S/C22H16N4O/c1-14(27)26-21-8-9-22(26)13-20-7-5-18(25-20)11-16-3-2-15(23-16)10-17-4-6-19(12-21)24-17/h2-13,23H,1H3. The minimum atomic E-state index is -0.0483. The number of fused-ring (bicyclic) bond motifs is 8. The molecule has 5 rings (SSSR count). The van der Waals surface area contributed by atoms with Gasteiger partial charge in [-0.15, -0.1) is 0 Å². The van der Waals surface area contributed by atoms with E-state index >= 15 is 0 Å². The Hall–Kier alpha value is -3.73. The molecule has 2 aliphatic rings. The third-order valence-corrected chi connectivity index (χ3v) is 4.55. The molecule has 8 bridgehead atoms. The van der Waals surface area contributed by atoms with Crippen molar-refractivity contribution in [3.8, 4) is 0 Å². The van der Waals surface area contributed by atoms with Crippen molar-refractivity contribution in [2.45, 2.75) is 6.92 Å². The number of nitrogens with zero attached hydrogens (tertiary/aromatic N) is 3. The van der Waals surface area contributed by atoms with Crippen molar-refractivity contribution in [1.82, 2.24) is 19.5 Å². The second-order valence-electron chi connectivity index (χ2n) is 6.57. The molecule has 0 unspecified atom stereocenters. The maximum atomic E-state index is 12.2. The number of hydrogen-bond donors (Lipinski definition) is 1. The first-order chi connectivity index (χ1) is 13.1. The highest BCUT2D eigenvalue weighted by Crippen LogP contribution is 2.19. The fourth-order valence-corrected chi connectivity index (χ4v) is 3.39. The van der Waals surface area contributed by atoms with Crippen molar-refractivity contribution in [2.75, 3.05) is 0 Å². The summed E-state index contributed by atoms with van der Waals surface area (Å²) in [5.74, 6) is -0.0483. The highest BCUT2D eigenvalue weighted by molar-refractivity contribution is 5.89. The summed E-state index contributed by atoms with van der Waals surface area (Å²) in [5.41, 5.74) is 6.90. The Morgan fingerprint density at radius 1 is 0.741 bits per heavy atom. The minimum Gasteiger partial charge on any atom is -0.355 e. The van der Waals surface area contributed by atoms with Crippen LogP contribution in [0.2, 0.25) is 0 Å². The third-order valence-electron chi connectivity index (χ3n) is 4.55. The summed E-state index contributed by atoms with van der Waals surface area (Å²) in [4.78, 5) is 24.9. The van der Waals surface area contributed by atoms with E-state index in [1.807, 2.05) is 72.8 Å². The quantitative estimate of drug-likeness (QED) is 0.436. The maximum Gasteiger partial charge on any atom is 0.228 e. The molecule has 5 heterocycles. The molecule has 130 valence electrons. The number of H-pyrrole nitrogens is 1. The Morgan fingerprint density at radius 3 is 1.63 bits per heavy atom. The molecule has 5 nitrogen and oxygen atoms in total. The van der Waals surface area contributed by atoms with E-state index in [9.17, 15) is 4.79 Å². The second kappa shape index (κ2) is 5.92. The molecule has 0 spiro atoms. The van der Waals surface area contributed by atoms with Gasteiger partial charge in [0, 0.05) is 18.0 Å². The van der Waals surface area contributed by atoms with Crippen LogP contribution in [0.4, 0.5) is 0 Å². The number of aromatic amines is 1. The van der Waals surface area contributed by atoms with E-state index in [4.69, 9.17) is 0 Å². The number of nitrogens with one attached hydrogen (secondary N) is 1. The van der Waals surface area contributed by atoms with E-state index in [2.05, 4.69) is 15.0 Å². The summed E-state index contributed by atoms with van der Waals surface area (Å²) >= 11 is 0. The molecular weight excluding hydrogens is 336 g/mol. The van der Waals surface area contributed by atoms with Crippen LogP contribution in [-0.4, -0.2) is 25.4 Å². The Kier molecular flexibility index (Phi) is 3.40. The molecule has 0 saturated carbocycles. The summed E-state index contributed by atoms with van der Waals surface area (Å²) in [5, 5.41) is 0. The fourth-order valence-electron chi connectivity index (χ4n) is 3.39. The van der Waals surface area contributed by atoms with Gasteiger partial charge in [-0.1, -0.05) is 0 Å². The predicted molar refractivity (Wildman–Crippen MR) is 109 cm³/mol. The number of rotatable bonds is 0. The highest BCUT2D eigenvalue weighted by Gasteiger charge is 2.07. The lowest BCUT2D eigenvalue weighted by Crippen LogP contribution is -2.04. The summed E-state index contributed by atoms with van der Waals surface area (Å²) < 4.78 is 1.68. The van der Waals surface area contributed by atoms with Crippen LogP contribution in [0.5, 0.6) is 0 Å². The zero-order valence-electron chi connectivity index (χ0n) is 14.7. The minimum absolute atomic E-state index is 0.0483. The third kappa shape index (κ3) is 2.89. The summed E-state index contributed by atoms with van der Waals surface area (Å²) in [7, 11) is 0. The van der Waals surface area contributed by atoms with E-state index in [1.165, 1.54) is 0 Å². The highest BCUT2D eigenvalue weighted by atomic mass is 16.1. The van der Waals surface area contributed by atoms with Gasteiger partial charge in [0.2, 0.25) is 5.91 Å². The van der Waals surface area contributed by atoms with Crippen molar-refractivity contribution in [3.63, 3.8) is 0 Å². The van der Waals surface area contributed by atoms with Gasteiger partial charge in [0.15, 0.2) is 0 Å². The number of aromatic nitrogens is 4. The van der Waals surface area contributed by atoms with Crippen LogP contribution in [0.15, 0.2) is 48.5 Å².